The maximum Gasteiger partial charge on any atom is 0.338 e. The molecule has 0 unspecified atom stereocenters. The van der Waals surface area contributed by atoms with Crippen LogP contribution in [-0.2, 0) is 14.3 Å². The maximum atomic E-state index is 12.3. The van der Waals surface area contributed by atoms with Gasteiger partial charge in [-0.15, -0.1) is 0 Å². The number of carboxylic acid groups (broad SMARTS) is 1. The summed E-state index contributed by atoms with van der Waals surface area (Å²) in [5, 5.41) is 9.54. The molecule has 0 fully saturated rings. The third-order valence-corrected chi connectivity index (χ3v) is 4.34. The smallest absolute Gasteiger partial charge is 0.338 e. The monoisotopic (exact) mass is 404 g/mol. The Labute approximate surface area is 173 Å². The van der Waals surface area contributed by atoms with E-state index in [1.54, 1.807) is 73.8 Å². The zero-order valence-electron chi connectivity index (χ0n) is 16.5. The SMILES string of the molecule is COC(=O)/C(=C/c1ccc(/C=C(/C(=O)O)c2ccccc2)o1)c1ccc(OC)cc1. The molecule has 2 aromatic carbocycles. The average molecular weight is 404 g/mol. The van der Waals surface area contributed by atoms with E-state index in [1.165, 1.54) is 13.2 Å². The first-order valence-electron chi connectivity index (χ1n) is 9.06. The van der Waals surface area contributed by atoms with Gasteiger partial charge in [0.15, 0.2) is 0 Å². The van der Waals surface area contributed by atoms with Crippen molar-refractivity contribution in [1.82, 2.24) is 0 Å². The Morgan fingerprint density at radius 3 is 1.90 bits per heavy atom. The zero-order chi connectivity index (χ0) is 21.5. The molecule has 0 aliphatic carbocycles. The molecule has 6 nitrogen and oxygen atoms in total. The van der Waals surface area contributed by atoms with Crippen molar-refractivity contribution in [2.24, 2.45) is 0 Å². The standard InChI is InChI=1S/C24H20O6/c1-28-18-10-8-17(9-11-18)22(24(27)29-2)15-20-13-12-19(30-20)14-21(23(25)26)16-6-4-3-5-7-16/h3-15H,1-2H3,(H,25,26)/b21-14+,22-15+. The van der Waals surface area contributed by atoms with E-state index in [9.17, 15) is 14.7 Å². The summed E-state index contributed by atoms with van der Waals surface area (Å²) in [4.78, 5) is 23.9. The Balaban J connectivity index is 1.96. The molecule has 152 valence electrons. The molecule has 6 heteroatoms. The Morgan fingerprint density at radius 1 is 0.800 bits per heavy atom. The minimum Gasteiger partial charge on any atom is -0.497 e. The topological polar surface area (TPSA) is 86.0 Å². The number of rotatable bonds is 7. The van der Waals surface area contributed by atoms with Gasteiger partial charge in [0, 0.05) is 0 Å². The summed E-state index contributed by atoms with van der Waals surface area (Å²) < 4.78 is 15.8. The summed E-state index contributed by atoms with van der Waals surface area (Å²) in [6, 6.07) is 19.0. The third-order valence-electron chi connectivity index (χ3n) is 4.34. The second kappa shape index (κ2) is 9.43. The van der Waals surface area contributed by atoms with Crippen molar-refractivity contribution >= 4 is 35.2 Å². The van der Waals surface area contributed by atoms with Gasteiger partial charge in [-0.05, 0) is 47.5 Å². The molecule has 0 saturated heterocycles. The molecule has 0 aliphatic heterocycles. The molecule has 3 aromatic rings. The van der Waals surface area contributed by atoms with E-state index in [2.05, 4.69) is 0 Å². The minimum atomic E-state index is -1.07. The number of aliphatic carboxylic acids is 1. The molecule has 0 aliphatic rings. The lowest BCUT2D eigenvalue weighted by atomic mass is 10.0. The number of hydrogen-bond acceptors (Lipinski definition) is 5. The first kappa shape index (κ1) is 20.7. The van der Waals surface area contributed by atoms with Crippen LogP contribution >= 0.6 is 0 Å². The Bertz CT molecular complexity index is 1090. The molecule has 1 heterocycles. The molecule has 0 amide bonds. The van der Waals surface area contributed by atoms with E-state index >= 15 is 0 Å². The van der Waals surface area contributed by atoms with Gasteiger partial charge in [-0.2, -0.15) is 0 Å². The number of carboxylic acids is 1. The van der Waals surface area contributed by atoms with Crippen LogP contribution in [0.3, 0.4) is 0 Å². The normalized spacial score (nSPS) is 11.8. The number of carbonyl (C=O) groups is 2. The van der Waals surface area contributed by atoms with Gasteiger partial charge in [-0.1, -0.05) is 42.5 Å². The van der Waals surface area contributed by atoms with Crippen molar-refractivity contribution in [2.45, 2.75) is 0 Å². The predicted octanol–water partition coefficient (Wildman–Crippen LogP) is 4.63. The molecule has 0 saturated carbocycles. The molecule has 1 N–H and O–H groups in total. The van der Waals surface area contributed by atoms with Crippen molar-refractivity contribution in [3.05, 3.63) is 89.4 Å². The van der Waals surface area contributed by atoms with E-state index in [4.69, 9.17) is 13.9 Å². The van der Waals surface area contributed by atoms with Crippen LogP contribution in [0, 0.1) is 0 Å². The number of ether oxygens (including phenoxy) is 2. The van der Waals surface area contributed by atoms with E-state index in [1.807, 2.05) is 6.07 Å². The van der Waals surface area contributed by atoms with E-state index in [0.29, 0.717) is 34.0 Å². The molecule has 3 rings (SSSR count). The number of furan rings is 1. The predicted molar refractivity (Wildman–Crippen MR) is 114 cm³/mol. The highest BCUT2D eigenvalue weighted by Gasteiger charge is 2.15. The minimum absolute atomic E-state index is 0.101. The maximum absolute atomic E-state index is 12.3. The van der Waals surface area contributed by atoms with Crippen molar-refractivity contribution < 1.29 is 28.6 Å². The molecule has 30 heavy (non-hydrogen) atoms. The number of carbonyl (C=O) groups excluding carboxylic acids is 1. The van der Waals surface area contributed by atoms with Gasteiger partial charge < -0.3 is 19.0 Å². The fraction of sp³-hybridized carbons (Fsp3) is 0.0833. The molecule has 0 atom stereocenters. The molecule has 0 spiro atoms. The lowest BCUT2D eigenvalue weighted by Crippen LogP contribution is -2.03. The summed E-state index contributed by atoms with van der Waals surface area (Å²) in [5.74, 6) is -0.195. The van der Waals surface area contributed by atoms with Crippen LogP contribution in [0.5, 0.6) is 5.75 Å². The molecule has 1 aromatic heterocycles. The Kier molecular flexibility index (Phi) is 6.49. The first-order valence-corrected chi connectivity index (χ1v) is 9.06. The van der Waals surface area contributed by atoms with Crippen LogP contribution in [0.4, 0.5) is 0 Å². The van der Waals surface area contributed by atoms with Crippen LogP contribution in [-0.4, -0.2) is 31.3 Å². The molecular formula is C24H20O6. The van der Waals surface area contributed by atoms with E-state index in [0.717, 1.165) is 0 Å². The van der Waals surface area contributed by atoms with Crippen LogP contribution in [0.2, 0.25) is 0 Å². The van der Waals surface area contributed by atoms with Crippen molar-refractivity contribution in [3.63, 3.8) is 0 Å². The van der Waals surface area contributed by atoms with Crippen molar-refractivity contribution in [2.75, 3.05) is 14.2 Å². The number of esters is 1. The fourth-order valence-electron chi connectivity index (χ4n) is 2.83. The zero-order valence-corrected chi connectivity index (χ0v) is 16.5. The van der Waals surface area contributed by atoms with Gasteiger partial charge in [0.2, 0.25) is 0 Å². The average Bonchev–Trinajstić information content (AvgIpc) is 3.23. The quantitative estimate of drug-likeness (QED) is 0.457. The molecule has 0 radical (unpaired) electrons. The van der Waals surface area contributed by atoms with Crippen LogP contribution in [0.15, 0.2) is 71.1 Å². The fourth-order valence-corrected chi connectivity index (χ4v) is 2.83. The van der Waals surface area contributed by atoms with Gasteiger partial charge in [-0.25, -0.2) is 9.59 Å². The lowest BCUT2D eigenvalue weighted by Gasteiger charge is -2.06. The summed E-state index contributed by atoms with van der Waals surface area (Å²) in [6.07, 6.45) is 2.99. The number of methoxy groups -OCH3 is 2. The van der Waals surface area contributed by atoms with Gasteiger partial charge in [0.1, 0.15) is 17.3 Å². The Hall–Kier alpha value is -4.06. The highest BCUT2D eigenvalue weighted by atomic mass is 16.5. The van der Waals surface area contributed by atoms with Crippen molar-refractivity contribution in [1.29, 1.82) is 0 Å². The van der Waals surface area contributed by atoms with Crippen molar-refractivity contribution in [3.8, 4) is 5.75 Å². The van der Waals surface area contributed by atoms with E-state index in [-0.39, 0.29) is 5.57 Å². The van der Waals surface area contributed by atoms with Crippen LogP contribution in [0.25, 0.3) is 23.3 Å². The van der Waals surface area contributed by atoms with Crippen LogP contribution in [0.1, 0.15) is 22.6 Å². The van der Waals surface area contributed by atoms with Gasteiger partial charge in [0.05, 0.1) is 25.4 Å². The lowest BCUT2D eigenvalue weighted by molar-refractivity contribution is -0.133. The van der Waals surface area contributed by atoms with Crippen LogP contribution < -0.4 is 4.74 Å². The summed E-state index contributed by atoms with van der Waals surface area (Å²) in [7, 11) is 2.86. The highest BCUT2D eigenvalue weighted by Crippen LogP contribution is 2.25. The Morgan fingerprint density at radius 2 is 1.37 bits per heavy atom. The van der Waals surface area contributed by atoms with Gasteiger partial charge >= 0.3 is 11.9 Å². The first-order chi connectivity index (χ1) is 14.5. The highest BCUT2D eigenvalue weighted by molar-refractivity contribution is 6.21. The third kappa shape index (κ3) is 4.86. The second-order valence-corrected chi connectivity index (χ2v) is 6.25. The summed E-state index contributed by atoms with van der Waals surface area (Å²) >= 11 is 0. The molecule has 0 bridgehead atoms. The second-order valence-electron chi connectivity index (χ2n) is 6.25. The summed E-state index contributed by atoms with van der Waals surface area (Å²) in [6.45, 7) is 0. The van der Waals surface area contributed by atoms with Gasteiger partial charge in [0.25, 0.3) is 0 Å². The molecular weight excluding hydrogens is 384 g/mol. The number of benzene rings is 2. The summed E-state index contributed by atoms with van der Waals surface area (Å²) in [5.41, 5.74) is 1.59. The number of hydrogen-bond donors (Lipinski definition) is 1. The largest absolute Gasteiger partial charge is 0.497 e. The van der Waals surface area contributed by atoms with E-state index < -0.39 is 11.9 Å². The van der Waals surface area contributed by atoms with Gasteiger partial charge in [-0.3, -0.25) is 0 Å².